The summed E-state index contributed by atoms with van der Waals surface area (Å²) in [4.78, 5) is 4.50. The van der Waals surface area contributed by atoms with Gasteiger partial charge in [-0.1, -0.05) is 13.8 Å². The first-order valence-corrected chi connectivity index (χ1v) is 8.45. The summed E-state index contributed by atoms with van der Waals surface area (Å²) in [6.45, 7) is 6.41. The van der Waals surface area contributed by atoms with Crippen molar-refractivity contribution in [1.29, 1.82) is 0 Å². The van der Waals surface area contributed by atoms with E-state index < -0.39 is 0 Å². The lowest BCUT2D eigenvalue weighted by atomic mass is 10.1. The summed E-state index contributed by atoms with van der Waals surface area (Å²) in [5.41, 5.74) is 5.05. The van der Waals surface area contributed by atoms with Crippen LogP contribution in [-0.4, -0.2) is 20.8 Å². The fraction of sp³-hybridized carbons (Fsp3) is 0.600. The van der Waals surface area contributed by atoms with Gasteiger partial charge in [0.25, 0.3) is 0 Å². The molecular weight excluding hydrogens is 282 g/mol. The number of aryl methyl sites for hydroxylation is 1. The topological polar surface area (TPSA) is 68.8 Å². The summed E-state index contributed by atoms with van der Waals surface area (Å²) in [5, 5.41) is 7.89. The molecule has 0 radical (unpaired) electrons. The third kappa shape index (κ3) is 4.36. The van der Waals surface area contributed by atoms with Crippen LogP contribution in [0.2, 0.25) is 0 Å². The molecule has 0 saturated heterocycles. The van der Waals surface area contributed by atoms with E-state index in [1.165, 1.54) is 0 Å². The highest BCUT2D eigenvalue weighted by molar-refractivity contribution is 7.09. The molecule has 1 unspecified atom stereocenters. The van der Waals surface area contributed by atoms with E-state index in [0.29, 0.717) is 6.04 Å². The van der Waals surface area contributed by atoms with Crippen molar-refractivity contribution in [3.8, 4) is 0 Å². The van der Waals surface area contributed by atoms with Crippen molar-refractivity contribution >= 4 is 11.3 Å². The third-order valence-corrected chi connectivity index (χ3v) is 4.75. The van der Waals surface area contributed by atoms with Gasteiger partial charge >= 0.3 is 0 Å². The number of rotatable bonds is 8. The van der Waals surface area contributed by atoms with E-state index in [2.05, 4.69) is 46.6 Å². The van der Waals surface area contributed by atoms with Crippen molar-refractivity contribution < 1.29 is 0 Å². The highest BCUT2D eigenvalue weighted by Crippen LogP contribution is 2.16. The number of aromatic nitrogens is 3. The SMILES string of the molecule is CCC(CC)n1ccc(CC(Cc2nc(C)cs2)NN)n1. The normalized spacial score (nSPS) is 13.0. The van der Waals surface area contributed by atoms with Gasteiger partial charge in [-0.2, -0.15) is 5.10 Å². The first-order valence-electron chi connectivity index (χ1n) is 7.57. The second-order valence-electron chi connectivity index (χ2n) is 5.41. The minimum Gasteiger partial charge on any atom is -0.271 e. The summed E-state index contributed by atoms with van der Waals surface area (Å²) >= 11 is 1.69. The number of nitrogens with zero attached hydrogens (tertiary/aromatic N) is 3. The molecule has 3 N–H and O–H groups in total. The lowest BCUT2D eigenvalue weighted by Crippen LogP contribution is -2.38. The standard InChI is InChI=1S/C15H25N5S/c1-4-14(5-2)20-7-6-12(19-20)8-13(18-16)9-15-17-11(3)10-21-15/h6-7,10,13-14,18H,4-5,8-9,16H2,1-3H3. The molecule has 0 aliphatic carbocycles. The maximum absolute atomic E-state index is 5.69. The molecule has 0 saturated carbocycles. The van der Waals surface area contributed by atoms with Gasteiger partial charge in [0.2, 0.25) is 0 Å². The highest BCUT2D eigenvalue weighted by Gasteiger charge is 2.14. The molecule has 0 bridgehead atoms. The predicted molar refractivity (Wildman–Crippen MR) is 87.2 cm³/mol. The van der Waals surface area contributed by atoms with Crippen LogP contribution in [0.5, 0.6) is 0 Å². The van der Waals surface area contributed by atoms with Gasteiger partial charge in [-0.25, -0.2) is 4.98 Å². The van der Waals surface area contributed by atoms with E-state index in [4.69, 9.17) is 10.9 Å². The van der Waals surface area contributed by atoms with Crippen LogP contribution < -0.4 is 11.3 Å². The summed E-state index contributed by atoms with van der Waals surface area (Å²) in [6, 6.07) is 2.75. The molecule has 6 heteroatoms. The fourth-order valence-corrected chi connectivity index (χ4v) is 3.36. The highest BCUT2D eigenvalue weighted by atomic mass is 32.1. The molecule has 0 aromatic carbocycles. The quantitative estimate of drug-likeness (QED) is 0.581. The van der Waals surface area contributed by atoms with Crippen molar-refractivity contribution in [1.82, 2.24) is 20.2 Å². The number of nitrogens with one attached hydrogen (secondary N) is 1. The second-order valence-corrected chi connectivity index (χ2v) is 6.35. The first kappa shape index (κ1) is 16.1. The van der Waals surface area contributed by atoms with Crippen molar-refractivity contribution in [2.45, 2.75) is 58.5 Å². The summed E-state index contributed by atoms with van der Waals surface area (Å²) in [7, 11) is 0. The number of hydrogen-bond donors (Lipinski definition) is 2. The van der Waals surface area contributed by atoms with Crippen LogP contribution in [0.15, 0.2) is 17.6 Å². The number of hydrogen-bond acceptors (Lipinski definition) is 5. The summed E-state index contributed by atoms with van der Waals surface area (Å²) < 4.78 is 2.08. The predicted octanol–water partition coefficient (Wildman–Crippen LogP) is 2.63. The van der Waals surface area contributed by atoms with Crippen molar-refractivity contribution in [2.24, 2.45) is 5.84 Å². The molecule has 0 aliphatic heterocycles. The van der Waals surface area contributed by atoms with Gasteiger partial charge in [-0.15, -0.1) is 11.3 Å². The molecule has 0 aliphatic rings. The molecule has 21 heavy (non-hydrogen) atoms. The van der Waals surface area contributed by atoms with Crippen molar-refractivity contribution in [3.05, 3.63) is 34.0 Å². The number of nitrogens with two attached hydrogens (primary N) is 1. The molecule has 116 valence electrons. The molecule has 0 amide bonds. The monoisotopic (exact) mass is 307 g/mol. The lowest BCUT2D eigenvalue weighted by molar-refractivity contribution is 0.421. The van der Waals surface area contributed by atoms with Gasteiger partial charge in [0.1, 0.15) is 0 Å². The average Bonchev–Trinajstić information content (AvgIpc) is 3.09. The van der Waals surface area contributed by atoms with Gasteiger partial charge < -0.3 is 0 Å². The smallest absolute Gasteiger partial charge is 0.0944 e. The zero-order valence-corrected chi connectivity index (χ0v) is 13.9. The van der Waals surface area contributed by atoms with Gasteiger partial charge in [-0.3, -0.25) is 16.0 Å². The Morgan fingerprint density at radius 3 is 2.67 bits per heavy atom. The van der Waals surface area contributed by atoms with Crippen LogP contribution in [0, 0.1) is 6.92 Å². The summed E-state index contributed by atoms with van der Waals surface area (Å²) in [6.07, 6.45) is 5.95. The van der Waals surface area contributed by atoms with E-state index in [9.17, 15) is 0 Å². The minimum absolute atomic E-state index is 0.167. The van der Waals surface area contributed by atoms with Crippen LogP contribution in [0.4, 0.5) is 0 Å². The third-order valence-electron chi connectivity index (χ3n) is 3.76. The Hall–Kier alpha value is -1.24. The van der Waals surface area contributed by atoms with Crippen molar-refractivity contribution in [3.63, 3.8) is 0 Å². The Morgan fingerprint density at radius 2 is 2.10 bits per heavy atom. The Labute approximate surface area is 130 Å². The van der Waals surface area contributed by atoms with E-state index in [-0.39, 0.29) is 6.04 Å². The molecule has 2 aromatic rings. The van der Waals surface area contributed by atoms with Gasteiger partial charge in [0.15, 0.2) is 0 Å². The molecule has 2 aromatic heterocycles. The Balaban J connectivity index is 1.98. The first-order chi connectivity index (χ1) is 10.2. The lowest BCUT2D eigenvalue weighted by Gasteiger charge is -2.14. The van der Waals surface area contributed by atoms with Crippen LogP contribution >= 0.6 is 11.3 Å². The van der Waals surface area contributed by atoms with Gasteiger partial charge in [0, 0.05) is 36.2 Å². The molecule has 0 fully saturated rings. The molecule has 0 spiro atoms. The van der Waals surface area contributed by atoms with Crippen LogP contribution in [-0.2, 0) is 12.8 Å². The maximum atomic E-state index is 5.69. The zero-order chi connectivity index (χ0) is 15.2. The summed E-state index contributed by atoms with van der Waals surface area (Å²) in [5.74, 6) is 5.69. The minimum atomic E-state index is 0.167. The van der Waals surface area contributed by atoms with Crippen molar-refractivity contribution in [2.75, 3.05) is 0 Å². The fourth-order valence-electron chi connectivity index (χ4n) is 2.50. The van der Waals surface area contributed by atoms with Crippen LogP contribution in [0.25, 0.3) is 0 Å². The van der Waals surface area contributed by atoms with Crippen LogP contribution in [0.3, 0.4) is 0 Å². The van der Waals surface area contributed by atoms with Crippen LogP contribution in [0.1, 0.15) is 49.1 Å². The van der Waals surface area contributed by atoms with E-state index in [1.54, 1.807) is 11.3 Å². The van der Waals surface area contributed by atoms with E-state index in [0.717, 1.165) is 42.1 Å². The number of thiazole rings is 1. The zero-order valence-electron chi connectivity index (χ0n) is 13.0. The largest absolute Gasteiger partial charge is 0.271 e. The average molecular weight is 307 g/mol. The van der Waals surface area contributed by atoms with E-state index >= 15 is 0 Å². The molecule has 5 nitrogen and oxygen atoms in total. The number of hydrazine groups is 1. The second kappa shape index (κ2) is 7.68. The Morgan fingerprint density at radius 1 is 1.33 bits per heavy atom. The molecule has 2 rings (SSSR count). The maximum Gasteiger partial charge on any atom is 0.0944 e. The molecule has 2 heterocycles. The van der Waals surface area contributed by atoms with E-state index in [1.807, 2.05) is 6.92 Å². The van der Waals surface area contributed by atoms with Gasteiger partial charge in [-0.05, 0) is 25.8 Å². The Kier molecular flexibility index (Phi) is 5.90. The molecule has 1 atom stereocenters. The molecular formula is C15H25N5S. The Bertz CT molecular complexity index is 544. The van der Waals surface area contributed by atoms with Gasteiger partial charge in [0.05, 0.1) is 16.7 Å².